The van der Waals surface area contributed by atoms with Crippen molar-refractivity contribution in [2.45, 2.75) is 6.42 Å². The van der Waals surface area contributed by atoms with E-state index in [1.54, 1.807) is 0 Å². The quantitative estimate of drug-likeness (QED) is 0.599. The number of aromatic nitrogens is 3. The minimum Gasteiger partial charge on any atom is -0.493 e. The fourth-order valence-corrected chi connectivity index (χ4v) is 3.34. The van der Waals surface area contributed by atoms with E-state index in [2.05, 4.69) is 16.0 Å². The molecule has 0 amide bonds. The van der Waals surface area contributed by atoms with E-state index in [-0.39, 0.29) is 5.95 Å². The van der Waals surface area contributed by atoms with Crippen LogP contribution in [0.5, 0.6) is 5.75 Å². The highest BCUT2D eigenvalue weighted by molar-refractivity contribution is 5.91. The van der Waals surface area contributed by atoms with Crippen LogP contribution in [0.3, 0.4) is 0 Å². The van der Waals surface area contributed by atoms with Crippen molar-refractivity contribution < 1.29 is 4.74 Å². The number of ether oxygens (including phenoxy) is 1. The molecule has 0 unspecified atom stereocenters. The van der Waals surface area contributed by atoms with Crippen molar-refractivity contribution in [1.82, 2.24) is 15.0 Å². The lowest BCUT2D eigenvalue weighted by atomic mass is 10.0. The predicted molar refractivity (Wildman–Crippen MR) is 102 cm³/mol. The van der Waals surface area contributed by atoms with Crippen molar-refractivity contribution in [2.75, 3.05) is 12.3 Å². The van der Waals surface area contributed by atoms with Gasteiger partial charge in [0.2, 0.25) is 5.95 Å². The molecule has 0 atom stereocenters. The minimum atomic E-state index is 0.251. The number of pyridine rings is 1. The molecular formula is C21H16N4O. The topological polar surface area (TPSA) is 73.9 Å². The van der Waals surface area contributed by atoms with Gasteiger partial charge in [-0.05, 0) is 35.9 Å². The van der Waals surface area contributed by atoms with Crippen LogP contribution in [-0.2, 0) is 6.42 Å². The average Bonchev–Trinajstić information content (AvgIpc) is 3.15. The van der Waals surface area contributed by atoms with Crippen molar-refractivity contribution in [3.05, 3.63) is 66.2 Å². The molecular weight excluding hydrogens is 324 g/mol. The summed E-state index contributed by atoms with van der Waals surface area (Å²) in [6.07, 6.45) is 0.936. The molecule has 1 aliphatic rings. The van der Waals surface area contributed by atoms with Crippen LogP contribution in [0.2, 0.25) is 0 Å². The fraction of sp³-hybridized carbons (Fsp3) is 0.0952. The number of hydrogen-bond acceptors (Lipinski definition) is 5. The van der Waals surface area contributed by atoms with Crippen LogP contribution < -0.4 is 10.5 Å². The highest BCUT2D eigenvalue weighted by atomic mass is 16.5. The number of nitrogen functional groups attached to an aromatic ring is 1. The first-order chi connectivity index (χ1) is 12.8. The highest BCUT2D eigenvalue weighted by Crippen LogP contribution is 2.32. The number of anilines is 1. The molecule has 2 N–H and O–H groups in total. The summed E-state index contributed by atoms with van der Waals surface area (Å²) in [4.78, 5) is 13.7. The highest BCUT2D eigenvalue weighted by Gasteiger charge is 2.15. The SMILES string of the molecule is Nc1nc(-c2ccccc2)c2nc(-c3ccc4c(c3)CCO4)ccc2n1. The summed E-state index contributed by atoms with van der Waals surface area (Å²) in [6.45, 7) is 0.745. The minimum absolute atomic E-state index is 0.251. The van der Waals surface area contributed by atoms with Crippen LogP contribution in [0.1, 0.15) is 5.56 Å². The summed E-state index contributed by atoms with van der Waals surface area (Å²) in [5, 5.41) is 0. The largest absolute Gasteiger partial charge is 0.493 e. The molecule has 1 aliphatic heterocycles. The second-order valence-corrected chi connectivity index (χ2v) is 6.28. The summed E-state index contributed by atoms with van der Waals surface area (Å²) in [7, 11) is 0. The van der Waals surface area contributed by atoms with Gasteiger partial charge < -0.3 is 10.5 Å². The number of nitrogens with zero attached hydrogens (tertiary/aromatic N) is 3. The Balaban J connectivity index is 1.71. The van der Waals surface area contributed by atoms with Gasteiger partial charge in [-0.15, -0.1) is 0 Å². The van der Waals surface area contributed by atoms with Crippen LogP contribution in [0.15, 0.2) is 60.7 Å². The smallest absolute Gasteiger partial charge is 0.221 e. The van der Waals surface area contributed by atoms with Gasteiger partial charge in [0, 0.05) is 17.5 Å². The molecule has 26 heavy (non-hydrogen) atoms. The van der Waals surface area contributed by atoms with Crippen molar-refractivity contribution in [2.24, 2.45) is 0 Å². The molecule has 2 aromatic heterocycles. The van der Waals surface area contributed by atoms with Gasteiger partial charge in [-0.25, -0.2) is 15.0 Å². The average molecular weight is 340 g/mol. The summed E-state index contributed by atoms with van der Waals surface area (Å²) < 4.78 is 5.60. The Kier molecular flexibility index (Phi) is 3.31. The maximum atomic E-state index is 5.91. The summed E-state index contributed by atoms with van der Waals surface area (Å²) in [6, 6.07) is 20.1. The first-order valence-electron chi connectivity index (χ1n) is 8.54. The van der Waals surface area contributed by atoms with Gasteiger partial charge in [-0.3, -0.25) is 0 Å². The second kappa shape index (κ2) is 5.81. The van der Waals surface area contributed by atoms with Crippen LogP contribution in [0.4, 0.5) is 5.95 Å². The Morgan fingerprint density at radius 3 is 2.62 bits per heavy atom. The summed E-state index contributed by atoms with van der Waals surface area (Å²) in [5.74, 6) is 1.22. The third-order valence-electron chi connectivity index (χ3n) is 4.59. The van der Waals surface area contributed by atoms with Crippen LogP contribution >= 0.6 is 0 Å². The molecule has 3 heterocycles. The first kappa shape index (κ1) is 14.8. The first-order valence-corrected chi connectivity index (χ1v) is 8.54. The molecule has 0 saturated heterocycles. The summed E-state index contributed by atoms with van der Waals surface area (Å²) in [5.41, 5.74) is 12.3. The molecule has 0 radical (unpaired) electrons. The third-order valence-corrected chi connectivity index (χ3v) is 4.59. The molecule has 5 rings (SSSR count). The van der Waals surface area contributed by atoms with E-state index >= 15 is 0 Å². The van der Waals surface area contributed by atoms with Crippen LogP contribution in [0.25, 0.3) is 33.5 Å². The maximum Gasteiger partial charge on any atom is 0.221 e. The molecule has 2 aromatic carbocycles. The Hall–Kier alpha value is -3.47. The van der Waals surface area contributed by atoms with E-state index < -0.39 is 0 Å². The number of rotatable bonds is 2. The van der Waals surface area contributed by atoms with Gasteiger partial charge in [0.25, 0.3) is 0 Å². The molecule has 0 spiro atoms. The molecule has 126 valence electrons. The number of hydrogen-bond donors (Lipinski definition) is 1. The second-order valence-electron chi connectivity index (χ2n) is 6.28. The van der Waals surface area contributed by atoms with Gasteiger partial charge in [-0.1, -0.05) is 30.3 Å². The Morgan fingerprint density at radius 2 is 1.73 bits per heavy atom. The van der Waals surface area contributed by atoms with E-state index in [1.807, 2.05) is 54.6 Å². The van der Waals surface area contributed by atoms with E-state index in [1.165, 1.54) is 5.56 Å². The zero-order valence-electron chi connectivity index (χ0n) is 14.0. The fourth-order valence-electron chi connectivity index (χ4n) is 3.34. The molecule has 5 heteroatoms. The van der Waals surface area contributed by atoms with Crippen molar-refractivity contribution >= 4 is 17.0 Å². The maximum absolute atomic E-state index is 5.91. The normalized spacial score (nSPS) is 12.8. The van der Waals surface area contributed by atoms with E-state index in [4.69, 9.17) is 15.5 Å². The number of nitrogens with two attached hydrogens (primary N) is 1. The number of benzene rings is 2. The van der Waals surface area contributed by atoms with Crippen molar-refractivity contribution in [1.29, 1.82) is 0 Å². The zero-order chi connectivity index (χ0) is 17.5. The molecule has 0 saturated carbocycles. The molecule has 5 nitrogen and oxygen atoms in total. The van der Waals surface area contributed by atoms with Gasteiger partial charge in [0.1, 0.15) is 17.0 Å². The Labute approximate surface area is 150 Å². The van der Waals surface area contributed by atoms with Gasteiger partial charge in [0.05, 0.1) is 17.8 Å². The van der Waals surface area contributed by atoms with Gasteiger partial charge in [-0.2, -0.15) is 0 Å². The molecule has 4 aromatic rings. The molecule has 0 aliphatic carbocycles. The van der Waals surface area contributed by atoms with E-state index in [0.29, 0.717) is 0 Å². The predicted octanol–water partition coefficient (Wildman–Crippen LogP) is 3.88. The lowest BCUT2D eigenvalue weighted by Crippen LogP contribution is -2.00. The standard InChI is InChI=1S/C21H16N4O/c22-21-24-17-8-7-16(14-6-9-18-15(12-14)10-11-26-18)23-20(17)19(25-21)13-4-2-1-3-5-13/h1-9,12H,10-11H2,(H2,22,24,25). The zero-order valence-corrected chi connectivity index (χ0v) is 14.0. The molecule has 0 fully saturated rings. The molecule has 0 bridgehead atoms. The van der Waals surface area contributed by atoms with Gasteiger partial charge in [0.15, 0.2) is 0 Å². The van der Waals surface area contributed by atoms with E-state index in [9.17, 15) is 0 Å². The summed E-state index contributed by atoms with van der Waals surface area (Å²) >= 11 is 0. The Bertz CT molecular complexity index is 1130. The van der Waals surface area contributed by atoms with Crippen LogP contribution in [-0.4, -0.2) is 21.6 Å². The lowest BCUT2D eigenvalue weighted by molar-refractivity contribution is 0.357. The monoisotopic (exact) mass is 340 g/mol. The lowest BCUT2D eigenvalue weighted by Gasteiger charge is -2.09. The van der Waals surface area contributed by atoms with Crippen molar-refractivity contribution in [3.63, 3.8) is 0 Å². The van der Waals surface area contributed by atoms with Crippen molar-refractivity contribution in [3.8, 4) is 28.3 Å². The van der Waals surface area contributed by atoms with Crippen LogP contribution in [0, 0.1) is 0 Å². The Morgan fingerprint density at radius 1 is 0.846 bits per heavy atom. The third kappa shape index (κ3) is 2.45. The van der Waals surface area contributed by atoms with E-state index in [0.717, 1.165) is 52.3 Å². The van der Waals surface area contributed by atoms with Gasteiger partial charge >= 0.3 is 0 Å². The number of fused-ring (bicyclic) bond motifs is 2.